The molecule has 28 heavy (non-hydrogen) atoms. The highest BCUT2D eigenvalue weighted by Crippen LogP contribution is 2.35. The number of nitrogens with zero attached hydrogens (tertiary/aromatic N) is 2. The van der Waals surface area contributed by atoms with E-state index in [1.165, 1.54) is 28.6 Å². The van der Waals surface area contributed by atoms with Crippen LogP contribution in [-0.2, 0) is 14.8 Å². The van der Waals surface area contributed by atoms with Crippen LogP contribution in [0, 0.1) is 0 Å². The Kier molecular flexibility index (Phi) is 4.69. The fraction of sp³-hybridized carbons (Fsp3) is 0.222. The normalized spacial score (nSPS) is 17.8. The molecule has 0 aliphatic carbocycles. The fourth-order valence-electron chi connectivity index (χ4n) is 3.21. The van der Waals surface area contributed by atoms with Gasteiger partial charge in [0.15, 0.2) is 16.6 Å². The quantitative estimate of drug-likeness (QED) is 0.559. The number of carbonyl (C=O) groups is 1. The summed E-state index contributed by atoms with van der Waals surface area (Å²) in [4.78, 5) is 17.1. The third kappa shape index (κ3) is 3.30. The summed E-state index contributed by atoms with van der Waals surface area (Å²) in [5.74, 6) is -1.03. The van der Waals surface area contributed by atoms with E-state index < -0.39 is 22.0 Å². The monoisotopic (exact) mass is 419 g/mol. The van der Waals surface area contributed by atoms with Crippen molar-refractivity contribution in [2.75, 3.05) is 11.9 Å². The number of phenols is 2. The molecule has 1 fully saturated rings. The largest absolute Gasteiger partial charge is 0.504 e. The van der Waals surface area contributed by atoms with Gasteiger partial charge in [0.05, 0.1) is 15.1 Å². The summed E-state index contributed by atoms with van der Waals surface area (Å²) in [6, 6.07) is 9.88. The van der Waals surface area contributed by atoms with Gasteiger partial charge in [0.1, 0.15) is 6.04 Å². The van der Waals surface area contributed by atoms with Gasteiger partial charge < -0.3 is 15.5 Å². The van der Waals surface area contributed by atoms with E-state index in [2.05, 4.69) is 10.3 Å². The number of phenolic OH excluding ortho intramolecular Hbond substituents is 2. The minimum atomic E-state index is -3.77. The molecule has 1 saturated heterocycles. The first-order chi connectivity index (χ1) is 13.4. The van der Waals surface area contributed by atoms with Crippen molar-refractivity contribution in [1.29, 1.82) is 0 Å². The Morgan fingerprint density at radius 2 is 1.89 bits per heavy atom. The smallest absolute Gasteiger partial charge is 0.244 e. The van der Waals surface area contributed by atoms with Crippen molar-refractivity contribution >= 4 is 42.6 Å². The third-order valence-electron chi connectivity index (χ3n) is 4.57. The average molecular weight is 419 g/mol. The standard InChI is InChI=1S/C18H17N3O5S2/c22-14-9-12-16(10-15(14)23)27-18(19-12)20-17(24)13-7-4-8-21(13)28(25,26)11-5-2-1-3-6-11/h1-3,5-6,9-10,13,22-23H,4,7-8H2,(H,19,20,24)/t13-/m0/s1. The van der Waals surface area contributed by atoms with E-state index in [9.17, 15) is 23.4 Å². The zero-order valence-electron chi connectivity index (χ0n) is 14.6. The maximum atomic E-state index is 12.9. The lowest BCUT2D eigenvalue weighted by atomic mass is 10.2. The number of thiazole rings is 1. The van der Waals surface area contributed by atoms with E-state index in [-0.39, 0.29) is 28.1 Å². The molecule has 8 nitrogen and oxygen atoms in total. The van der Waals surface area contributed by atoms with E-state index in [1.54, 1.807) is 18.2 Å². The second kappa shape index (κ2) is 7.04. The minimum Gasteiger partial charge on any atom is -0.504 e. The molecule has 0 saturated carbocycles. The van der Waals surface area contributed by atoms with E-state index in [1.807, 2.05) is 0 Å². The Labute approximate surface area is 165 Å². The SMILES string of the molecule is O=C(Nc1nc2cc(O)c(O)cc2s1)[C@@H]1CCCN1S(=O)(=O)c1ccccc1. The Hall–Kier alpha value is -2.69. The number of aromatic hydroxyl groups is 2. The number of rotatable bonds is 4. The van der Waals surface area contributed by atoms with Crippen molar-refractivity contribution in [1.82, 2.24) is 9.29 Å². The Morgan fingerprint density at radius 1 is 1.18 bits per heavy atom. The second-order valence-electron chi connectivity index (χ2n) is 6.40. The Balaban J connectivity index is 1.57. The van der Waals surface area contributed by atoms with Gasteiger partial charge in [-0.2, -0.15) is 4.31 Å². The molecule has 1 aromatic heterocycles. The molecule has 2 aromatic carbocycles. The van der Waals surface area contributed by atoms with Crippen molar-refractivity contribution in [3.8, 4) is 11.5 Å². The number of amides is 1. The number of benzene rings is 2. The number of anilines is 1. The van der Waals surface area contributed by atoms with Gasteiger partial charge in [0.2, 0.25) is 15.9 Å². The molecule has 0 unspecified atom stereocenters. The van der Waals surface area contributed by atoms with Crippen LogP contribution < -0.4 is 5.32 Å². The molecule has 146 valence electrons. The number of sulfonamides is 1. The van der Waals surface area contributed by atoms with Crippen LogP contribution >= 0.6 is 11.3 Å². The van der Waals surface area contributed by atoms with Crippen molar-refractivity contribution in [3.05, 3.63) is 42.5 Å². The molecule has 10 heteroatoms. The Morgan fingerprint density at radius 3 is 2.64 bits per heavy atom. The molecule has 0 radical (unpaired) electrons. The van der Waals surface area contributed by atoms with E-state index in [4.69, 9.17) is 0 Å². The van der Waals surface area contributed by atoms with Crippen LogP contribution in [0.15, 0.2) is 47.4 Å². The predicted molar refractivity (Wildman–Crippen MR) is 105 cm³/mol. The van der Waals surface area contributed by atoms with E-state index in [0.29, 0.717) is 23.1 Å². The summed E-state index contributed by atoms with van der Waals surface area (Å²) in [5.41, 5.74) is 0.427. The maximum absolute atomic E-state index is 12.9. The molecule has 1 atom stereocenters. The van der Waals surface area contributed by atoms with Gasteiger partial charge >= 0.3 is 0 Å². The predicted octanol–water partition coefficient (Wildman–Crippen LogP) is 2.50. The molecule has 2 heterocycles. The molecule has 1 aliphatic heterocycles. The second-order valence-corrected chi connectivity index (χ2v) is 9.32. The zero-order chi connectivity index (χ0) is 19.9. The first-order valence-corrected chi connectivity index (χ1v) is 10.8. The highest BCUT2D eigenvalue weighted by Gasteiger charge is 2.39. The molecule has 0 bridgehead atoms. The number of fused-ring (bicyclic) bond motifs is 1. The van der Waals surface area contributed by atoms with Crippen molar-refractivity contribution in [2.45, 2.75) is 23.8 Å². The first-order valence-electron chi connectivity index (χ1n) is 8.56. The molecular formula is C18H17N3O5S2. The van der Waals surface area contributed by atoms with Crippen LogP contribution in [0.25, 0.3) is 10.2 Å². The number of aromatic nitrogens is 1. The highest BCUT2D eigenvalue weighted by atomic mass is 32.2. The number of carbonyl (C=O) groups excluding carboxylic acids is 1. The maximum Gasteiger partial charge on any atom is 0.244 e. The van der Waals surface area contributed by atoms with Gasteiger partial charge in [0.25, 0.3) is 0 Å². The van der Waals surface area contributed by atoms with Crippen molar-refractivity contribution < 1.29 is 23.4 Å². The molecule has 3 aromatic rings. The van der Waals surface area contributed by atoms with Gasteiger partial charge in [-0.25, -0.2) is 13.4 Å². The van der Waals surface area contributed by atoms with Crippen LogP contribution in [0.1, 0.15) is 12.8 Å². The first kappa shape index (κ1) is 18.7. The summed E-state index contributed by atoms with van der Waals surface area (Å²) in [5, 5.41) is 22.1. The summed E-state index contributed by atoms with van der Waals surface area (Å²) < 4.78 is 27.6. The van der Waals surface area contributed by atoms with Crippen LogP contribution in [0.5, 0.6) is 11.5 Å². The van der Waals surface area contributed by atoms with Gasteiger partial charge in [-0.05, 0) is 25.0 Å². The number of nitrogens with one attached hydrogen (secondary N) is 1. The number of hydrogen-bond donors (Lipinski definition) is 3. The molecule has 4 rings (SSSR count). The van der Waals surface area contributed by atoms with Crippen LogP contribution in [0.2, 0.25) is 0 Å². The fourth-order valence-corrected chi connectivity index (χ4v) is 5.77. The van der Waals surface area contributed by atoms with Crippen LogP contribution in [0.3, 0.4) is 0 Å². The molecule has 1 aliphatic rings. The summed E-state index contributed by atoms with van der Waals surface area (Å²) >= 11 is 1.13. The molecule has 0 spiro atoms. The van der Waals surface area contributed by atoms with Crippen LogP contribution in [0.4, 0.5) is 5.13 Å². The van der Waals surface area contributed by atoms with E-state index in [0.717, 1.165) is 11.3 Å². The minimum absolute atomic E-state index is 0.153. The summed E-state index contributed by atoms with van der Waals surface area (Å²) in [7, 11) is -3.77. The molecule has 1 amide bonds. The topological polar surface area (TPSA) is 120 Å². The Bertz CT molecular complexity index is 1110. The van der Waals surface area contributed by atoms with Crippen LogP contribution in [-0.4, -0.2) is 46.4 Å². The van der Waals surface area contributed by atoms with Crippen molar-refractivity contribution in [3.63, 3.8) is 0 Å². The van der Waals surface area contributed by atoms with Gasteiger partial charge in [-0.1, -0.05) is 29.5 Å². The van der Waals surface area contributed by atoms with Gasteiger partial charge in [0, 0.05) is 18.7 Å². The summed E-state index contributed by atoms with van der Waals surface area (Å²) in [6.07, 6.45) is 1.01. The summed E-state index contributed by atoms with van der Waals surface area (Å²) in [6.45, 7) is 0.275. The van der Waals surface area contributed by atoms with Crippen molar-refractivity contribution in [2.24, 2.45) is 0 Å². The van der Waals surface area contributed by atoms with Gasteiger partial charge in [-0.15, -0.1) is 0 Å². The molecule has 3 N–H and O–H groups in total. The zero-order valence-corrected chi connectivity index (χ0v) is 16.2. The number of hydrogen-bond acceptors (Lipinski definition) is 7. The highest BCUT2D eigenvalue weighted by molar-refractivity contribution is 7.89. The lowest BCUT2D eigenvalue weighted by molar-refractivity contribution is -0.119. The lowest BCUT2D eigenvalue weighted by Crippen LogP contribution is -2.43. The van der Waals surface area contributed by atoms with Gasteiger partial charge in [-0.3, -0.25) is 4.79 Å². The van der Waals surface area contributed by atoms with E-state index >= 15 is 0 Å². The lowest BCUT2D eigenvalue weighted by Gasteiger charge is -2.22. The molecular weight excluding hydrogens is 402 g/mol. The third-order valence-corrected chi connectivity index (χ3v) is 7.43. The average Bonchev–Trinajstić information content (AvgIpc) is 3.30.